The average molecular weight is 387 g/mol. The fourth-order valence-electron chi connectivity index (χ4n) is 4.44. The topological polar surface area (TPSA) is 63.1 Å². The Balaban J connectivity index is 1.83. The monoisotopic (exact) mass is 387 g/mol. The third kappa shape index (κ3) is 2.55. The highest BCUT2D eigenvalue weighted by Gasteiger charge is 2.46. The van der Waals surface area contributed by atoms with Crippen molar-refractivity contribution in [2.24, 2.45) is 0 Å². The minimum Gasteiger partial charge on any atom is -0.306 e. The fourth-order valence-corrected chi connectivity index (χ4v) is 4.44. The lowest BCUT2D eigenvalue weighted by Gasteiger charge is -2.25. The van der Waals surface area contributed by atoms with Gasteiger partial charge in [0.25, 0.3) is 0 Å². The van der Waals surface area contributed by atoms with Gasteiger partial charge >= 0.3 is 0 Å². The van der Waals surface area contributed by atoms with Crippen molar-refractivity contribution < 1.29 is 4.79 Å². The number of rotatable bonds is 3. The molecule has 2 aliphatic heterocycles. The van der Waals surface area contributed by atoms with E-state index in [1.54, 1.807) is 0 Å². The second kappa shape index (κ2) is 6.26. The molecule has 3 heterocycles. The highest BCUT2D eigenvalue weighted by atomic mass is 16.2. The van der Waals surface area contributed by atoms with Gasteiger partial charge in [-0.2, -0.15) is 0 Å². The van der Waals surface area contributed by atoms with E-state index in [1.807, 2.05) is 41.6 Å². The molecule has 0 bridgehead atoms. The minimum absolute atomic E-state index is 0.137. The molecule has 2 aliphatic rings. The van der Waals surface area contributed by atoms with E-state index in [0.717, 1.165) is 39.3 Å². The van der Waals surface area contributed by atoms with Crippen molar-refractivity contribution in [3.8, 4) is 22.5 Å². The molecule has 0 saturated heterocycles. The Hall–Kier alpha value is -2.99. The molecule has 5 rings (SSSR count). The lowest BCUT2D eigenvalue weighted by Crippen LogP contribution is -2.36. The maximum absolute atomic E-state index is 13.4. The summed E-state index contributed by atoms with van der Waals surface area (Å²) in [5.74, 6) is 0.137. The number of benzene rings is 2. The van der Waals surface area contributed by atoms with Gasteiger partial charge in [-0.05, 0) is 38.8 Å². The molecule has 3 aromatic rings. The van der Waals surface area contributed by atoms with Gasteiger partial charge in [0.2, 0.25) is 5.91 Å². The van der Waals surface area contributed by atoms with Gasteiger partial charge in [-0.25, -0.2) is 4.68 Å². The van der Waals surface area contributed by atoms with Gasteiger partial charge in [0.1, 0.15) is 11.4 Å². The van der Waals surface area contributed by atoms with Crippen LogP contribution in [0.4, 0.5) is 5.69 Å². The summed E-state index contributed by atoms with van der Waals surface area (Å²) in [7, 11) is 0. The van der Waals surface area contributed by atoms with Crippen LogP contribution >= 0.6 is 0 Å². The van der Waals surface area contributed by atoms with Crippen molar-refractivity contribution in [3.63, 3.8) is 0 Å². The highest BCUT2D eigenvalue weighted by Crippen LogP contribution is 2.50. The summed E-state index contributed by atoms with van der Waals surface area (Å²) in [5.41, 5.74) is 6.46. The second-order valence-electron chi connectivity index (χ2n) is 8.68. The van der Waals surface area contributed by atoms with Crippen LogP contribution in [-0.2, 0) is 23.4 Å². The first-order valence-electron chi connectivity index (χ1n) is 10.1. The Morgan fingerprint density at radius 2 is 1.86 bits per heavy atom. The molecule has 148 valence electrons. The number of anilines is 1. The van der Waals surface area contributed by atoms with Crippen molar-refractivity contribution in [2.45, 2.75) is 52.4 Å². The Labute approximate surface area is 170 Å². The molecule has 0 saturated carbocycles. The van der Waals surface area contributed by atoms with Gasteiger partial charge in [-0.15, -0.1) is 5.10 Å². The number of nitrogens with zero attached hydrogens (tertiary/aromatic N) is 4. The first-order chi connectivity index (χ1) is 13.9. The van der Waals surface area contributed by atoms with Crippen LogP contribution in [0.25, 0.3) is 22.5 Å². The summed E-state index contributed by atoms with van der Waals surface area (Å²) in [6.45, 7) is 9.34. The summed E-state index contributed by atoms with van der Waals surface area (Å²) in [4.78, 5) is 15.3. The first kappa shape index (κ1) is 18.1. The number of carbonyl (C=O) groups excluding carboxylic acids is 1. The molecule has 2 aromatic carbocycles. The van der Waals surface area contributed by atoms with Crippen LogP contribution in [0.15, 0.2) is 42.5 Å². The Kier molecular flexibility index (Phi) is 3.90. The quantitative estimate of drug-likeness (QED) is 0.744. The molecule has 6 nitrogen and oxygen atoms in total. The van der Waals surface area contributed by atoms with E-state index >= 15 is 0 Å². The van der Waals surface area contributed by atoms with Crippen molar-refractivity contribution >= 4 is 11.6 Å². The number of hydrogen-bond donors (Lipinski definition) is 1. The third-order valence-electron chi connectivity index (χ3n) is 6.00. The zero-order valence-electron chi connectivity index (χ0n) is 17.2. The van der Waals surface area contributed by atoms with Crippen LogP contribution in [0.1, 0.15) is 38.8 Å². The Bertz CT molecular complexity index is 1130. The minimum atomic E-state index is -0.556. The first-order valence-corrected chi connectivity index (χ1v) is 10.1. The zero-order chi connectivity index (χ0) is 20.3. The van der Waals surface area contributed by atoms with Crippen LogP contribution < -0.4 is 10.2 Å². The van der Waals surface area contributed by atoms with Crippen molar-refractivity contribution in [2.75, 3.05) is 4.90 Å². The molecule has 0 spiro atoms. The maximum Gasteiger partial charge on any atom is 0.237 e. The van der Waals surface area contributed by atoms with Gasteiger partial charge < -0.3 is 4.90 Å². The van der Waals surface area contributed by atoms with Crippen LogP contribution in [-0.4, -0.2) is 26.9 Å². The van der Waals surface area contributed by atoms with Crippen LogP contribution in [0.3, 0.4) is 0 Å². The van der Waals surface area contributed by atoms with E-state index in [2.05, 4.69) is 53.7 Å². The lowest BCUT2D eigenvalue weighted by atomic mass is 9.85. The summed E-state index contributed by atoms with van der Waals surface area (Å²) in [6, 6.07) is 14.7. The molecule has 29 heavy (non-hydrogen) atoms. The van der Waals surface area contributed by atoms with E-state index in [0.29, 0.717) is 19.3 Å². The van der Waals surface area contributed by atoms with Crippen molar-refractivity contribution in [3.05, 3.63) is 53.6 Å². The van der Waals surface area contributed by atoms with Crippen molar-refractivity contribution in [1.29, 1.82) is 0 Å². The van der Waals surface area contributed by atoms with Crippen LogP contribution in [0.5, 0.6) is 0 Å². The van der Waals surface area contributed by atoms with E-state index < -0.39 is 5.41 Å². The molecule has 6 heteroatoms. The van der Waals surface area contributed by atoms with E-state index in [1.165, 1.54) is 0 Å². The number of nitrogens with one attached hydrogen (secondary N) is 1. The van der Waals surface area contributed by atoms with E-state index in [-0.39, 0.29) is 5.91 Å². The molecular formula is C23H25N5O. The van der Waals surface area contributed by atoms with Crippen LogP contribution in [0.2, 0.25) is 0 Å². The highest BCUT2D eigenvalue weighted by molar-refractivity contribution is 6.11. The smallest absolute Gasteiger partial charge is 0.237 e. The van der Waals surface area contributed by atoms with Crippen molar-refractivity contribution in [1.82, 2.24) is 20.3 Å². The largest absolute Gasteiger partial charge is 0.306 e. The molecule has 0 radical (unpaired) electrons. The summed E-state index contributed by atoms with van der Waals surface area (Å²) in [6.07, 6.45) is 0. The predicted octanol–water partition coefficient (Wildman–Crippen LogP) is 3.71. The van der Waals surface area contributed by atoms with E-state index in [4.69, 9.17) is 0 Å². The maximum atomic E-state index is 13.4. The molecule has 0 atom stereocenters. The predicted molar refractivity (Wildman–Crippen MR) is 113 cm³/mol. The van der Waals surface area contributed by atoms with Gasteiger partial charge in [-0.3, -0.25) is 10.1 Å². The Morgan fingerprint density at radius 1 is 1.10 bits per heavy atom. The van der Waals surface area contributed by atoms with E-state index in [9.17, 15) is 4.79 Å². The molecule has 0 unspecified atom stereocenters. The van der Waals surface area contributed by atoms with Gasteiger partial charge in [0.05, 0.1) is 24.3 Å². The molecule has 1 aromatic heterocycles. The molecule has 0 fully saturated rings. The summed E-state index contributed by atoms with van der Waals surface area (Å²) >= 11 is 0. The number of aromatic nitrogens is 3. The van der Waals surface area contributed by atoms with Gasteiger partial charge in [0, 0.05) is 17.2 Å². The standard InChI is InChI=1S/C23H25N5O/c1-14(2)24-13-28-21-17-10-7-11-18-20(17)27(22(29)23(18,3)4)12-15-8-5-6-9-16(15)19(21)25-26-28/h5-11,14,24H,12-13H2,1-4H3. The molecule has 1 N–H and O–H groups in total. The zero-order valence-corrected chi connectivity index (χ0v) is 17.2. The third-order valence-corrected chi connectivity index (χ3v) is 6.00. The molecular weight excluding hydrogens is 362 g/mol. The molecule has 0 aliphatic carbocycles. The molecule has 1 amide bonds. The second-order valence-corrected chi connectivity index (χ2v) is 8.68. The van der Waals surface area contributed by atoms with Gasteiger partial charge in [-0.1, -0.05) is 47.7 Å². The average Bonchev–Trinajstić information content (AvgIpc) is 3.18. The fraction of sp³-hybridized carbons (Fsp3) is 0.348. The number of hydrogen-bond acceptors (Lipinski definition) is 4. The number of fused-ring (bicyclic) bond motifs is 4. The number of carbonyl (C=O) groups is 1. The number of amides is 1. The Morgan fingerprint density at radius 3 is 2.66 bits per heavy atom. The summed E-state index contributed by atoms with van der Waals surface area (Å²) in [5, 5.41) is 12.5. The number of para-hydroxylation sites is 1. The normalized spacial score (nSPS) is 16.3. The summed E-state index contributed by atoms with van der Waals surface area (Å²) < 4.78 is 1.92. The SMILES string of the molecule is CC(C)NCn1nnc2c1-c1cccc3c1N(Cc1ccccc1-2)C(=O)C3(C)C. The van der Waals surface area contributed by atoms with Crippen LogP contribution in [0, 0.1) is 0 Å². The lowest BCUT2D eigenvalue weighted by molar-refractivity contribution is -0.122. The van der Waals surface area contributed by atoms with Gasteiger partial charge in [0.15, 0.2) is 0 Å².